The van der Waals surface area contributed by atoms with Gasteiger partial charge in [0.05, 0.1) is 5.75 Å². The van der Waals surface area contributed by atoms with Crippen molar-refractivity contribution in [1.29, 1.82) is 0 Å². The van der Waals surface area contributed by atoms with Crippen LogP contribution in [0.5, 0.6) is 0 Å². The van der Waals surface area contributed by atoms with E-state index in [4.69, 9.17) is 21.7 Å². The maximum atomic E-state index is 11.0. The molecule has 0 aromatic rings. The van der Waals surface area contributed by atoms with E-state index in [0.29, 0.717) is 15.7 Å². The molecule has 0 aromatic heterocycles. The molecule has 1 aliphatic heterocycles. The van der Waals surface area contributed by atoms with Gasteiger partial charge in [0.15, 0.2) is 0 Å². The van der Waals surface area contributed by atoms with Crippen LogP contribution < -0.4 is 0 Å². The highest BCUT2D eigenvalue weighted by atomic mass is 32.2. The molecule has 0 spiro atoms. The summed E-state index contributed by atoms with van der Waals surface area (Å²) in [6.45, 7) is 5.03. The average molecular weight is 204 g/mol. The maximum Gasteiger partial charge on any atom is 0.336 e. The van der Waals surface area contributed by atoms with Crippen molar-refractivity contribution in [3.63, 3.8) is 0 Å². The first-order chi connectivity index (χ1) is 5.59. The van der Waals surface area contributed by atoms with Crippen LogP contribution >= 0.6 is 24.0 Å². The fraction of sp³-hybridized carbons (Fsp3) is 0.429. The van der Waals surface area contributed by atoms with E-state index in [1.54, 1.807) is 6.92 Å². The molecule has 0 saturated carbocycles. The summed E-state index contributed by atoms with van der Waals surface area (Å²) < 4.78 is 10.3. The number of hydrogen-bond donors (Lipinski definition) is 0. The van der Waals surface area contributed by atoms with Crippen LogP contribution in [-0.2, 0) is 14.3 Å². The van der Waals surface area contributed by atoms with Crippen LogP contribution in [0.4, 0.5) is 0 Å². The molecule has 0 aliphatic carbocycles. The maximum absolute atomic E-state index is 11.0. The van der Waals surface area contributed by atoms with Gasteiger partial charge in [-0.1, -0.05) is 18.3 Å². The van der Waals surface area contributed by atoms with Crippen molar-refractivity contribution in [2.75, 3.05) is 5.75 Å². The van der Waals surface area contributed by atoms with Crippen LogP contribution in [0.2, 0.25) is 0 Å². The van der Waals surface area contributed by atoms with Gasteiger partial charge in [-0.15, -0.1) is 0 Å². The number of thioether (sulfide) groups is 1. The average Bonchev–Trinajstić information content (AvgIpc) is 2.35. The van der Waals surface area contributed by atoms with Gasteiger partial charge in [-0.3, -0.25) is 0 Å². The zero-order chi connectivity index (χ0) is 9.14. The Morgan fingerprint density at radius 3 is 3.00 bits per heavy atom. The Hall–Kier alpha value is -0.550. The fourth-order valence-corrected chi connectivity index (χ4v) is 1.48. The molecule has 0 amide bonds. The third-order valence-corrected chi connectivity index (χ3v) is 2.37. The first kappa shape index (κ1) is 9.54. The van der Waals surface area contributed by atoms with Crippen LogP contribution in [-0.4, -0.2) is 22.4 Å². The number of thiocarbonyl (C=S) groups is 1. The van der Waals surface area contributed by atoms with E-state index in [-0.39, 0.29) is 0 Å². The second kappa shape index (κ2) is 3.91. The molecule has 0 N–H and O–H groups in total. The minimum Gasteiger partial charge on any atom is -0.437 e. The monoisotopic (exact) mass is 204 g/mol. The third-order valence-electron chi connectivity index (χ3n) is 1.15. The van der Waals surface area contributed by atoms with E-state index in [2.05, 4.69) is 6.58 Å². The Kier molecular flexibility index (Phi) is 3.11. The summed E-state index contributed by atoms with van der Waals surface area (Å²) in [5, 5.41) is 0. The quantitative estimate of drug-likeness (QED) is 0.387. The Morgan fingerprint density at radius 1 is 1.92 bits per heavy atom. The molecule has 1 fully saturated rings. The highest BCUT2D eigenvalue weighted by Crippen LogP contribution is 2.21. The smallest absolute Gasteiger partial charge is 0.336 e. The first-order valence-electron chi connectivity index (χ1n) is 3.29. The Labute approximate surface area is 80.1 Å². The number of ether oxygens (including phenoxy) is 2. The van der Waals surface area contributed by atoms with Crippen molar-refractivity contribution in [3.05, 3.63) is 12.2 Å². The third kappa shape index (κ3) is 2.49. The Bertz CT molecular complexity index is 237. The predicted octanol–water partition coefficient (Wildman–Crippen LogP) is 1.48. The summed E-state index contributed by atoms with van der Waals surface area (Å²) in [5.74, 6) is 0.128. The lowest BCUT2D eigenvalue weighted by atomic mass is 10.4. The van der Waals surface area contributed by atoms with Gasteiger partial charge in [0.1, 0.15) is 0 Å². The first-order valence-corrected chi connectivity index (χ1v) is 4.69. The molecule has 1 saturated heterocycles. The van der Waals surface area contributed by atoms with Crippen molar-refractivity contribution < 1.29 is 14.3 Å². The minimum absolute atomic E-state index is 0.362. The van der Waals surface area contributed by atoms with Crippen molar-refractivity contribution in [2.45, 2.75) is 13.2 Å². The molecular weight excluding hydrogens is 196 g/mol. The summed E-state index contributed by atoms with van der Waals surface area (Å²) in [4.78, 5) is 11.0. The van der Waals surface area contributed by atoms with Gasteiger partial charge < -0.3 is 9.47 Å². The second-order valence-electron chi connectivity index (χ2n) is 2.29. The Morgan fingerprint density at radius 2 is 2.58 bits per heavy atom. The van der Waals surface area contributed by atoms with Crippen LogP contribution in [0.25, 0.3) is 0 Å². The second-order valence-corrected chi connectivity index (χ2v) is 3.92. The minimum atomic E-state index is -0.535. The van der Waals surface area contributed by atoms with Gasteiger partial charge in [0, 0.05) is 5.57 Å². The van der Waals surface area contributed by atoms with E-state index in [1.165, 1.54) is 11.8 Å². The predicted molar refractivity (Wildman–Crippen MR) is 50.8 cm³/mol. The normalized spacial score (nSPS) is 21.8. The topological polar surface area (TPSA) is 35.5 Å². The van der Waals surface area contributed by atoms with E-state index >= 15 is 0 Å². The van der Waals surface area contributed by atoms with Crippen molar-refractivity contribution in [1.82, 2.24) is 0 Å². The fourth-order valence-electron chi connectivity index (χ4n) is 0.590. The molecule has 1 unspecified atom stereocenters. The zero-order valence-electron chi connectivity index (χ0n) is 6.53. The van der Waals surface area contributed by atoms with Gasteiger partial charge in [-0.25, -0.2) is 4.79 Å². The summed E-state index contributed by atoms with van der Waals surface area (Å²) in [6, 6.07) is 0. The molecule has 12 heavy (non-hydrogen) atoms. The van der Waals surface area contributed by atoms with Crippen molar-refractivity contribution in [3.8, 4) is 0 Å². The highest BCUT2D eigenvalue weighted by Gasteiger charge is 2.24. The molecule has 0 radical (unpaired) electrons. The van der Waals surface area contributed by atoms with Crippen molar-refractivity contribution in [2.24, 2.45) is 0 Å². The lowest BCUT2D eigenvalue weighted by molar-refractivity contribution is -0.155. The number of rotatable bonds is 2. The Balaban J connectivity index is 2.37. The molecule has 1 aliphatic rings. The summed E-state index contributed by atoms with van der Waals surface area (Å²) in [6.07, 6.45) is -0.535. The summed E-state index contributed by atoms with van der Waals surface area (Å²) >= 11 is 6.10. The zero-order valence-corrected chi connectivity index (χ0v) is 8.17. The van der Waals surface area contributed by atoms with Gasteiger partial charge in [-0.05, 0) is 19.1 Å². The van der Waals surface area contributed by atoms with Gasteiger partial charge in [0.2, 0.25) is 4.38 Å². The molecule has 1 rings (SSSR count). The number of carbonyl (C=O) groups is 1. The van der Waals surface area contributed by atoms with Crippen LogP contribution in [0.1, 0.15) is 6.92 Å². The lowest BCUT2D eigenvalue weighted by Crippen LogP contribution is -2.19. The number of hydrogen-bond acceptors (Lipinski definition) is 5. The van der Waals surface area contributed by atoms with E-state index in [1.807, 2.05) is 0 Å². The molecule has 66 valence electrons. The van der Waals surface area contributed by atoms with E-state index in [9.17, 15) is 4.79 Å². The largest absolute Gasteiger partial charge is 0.437 e. The molecule has 1 heterocycles. The van der Waals surface area contributed by atoms with Gasteiger partial charge in [0.25, 0.3) is 6.29 Å². The van der Waals surface area contributed by atoms with Crippen LogP contribution in [0.15, 0.2) is 12.2 Å². The molecule has 0 bridgehead atoms. The molecule has 3 nitrogen and oxygen atoms in total. The van der Waals surface area contributed by atoms with Gasteiger partial charge >= 0.3 is 5.97 Å². The molecule has 1 atom stereocenters. The standard InChI is InChI=1S/C7H8O3S2/c1-4(2)6(8)9-5-3-12-7(11)10-5/h5H,1,3H2,2H3. The number of esters is 1. The van der Waals surface area contributed by atoms with Crippen molar-refractivity contribution >= 4 is 34.3 Å². The highest BCUT2D eigenvalue weighted by molar-refractivity contribution is 8.22. The van der Waals surface area contributed by atoms with Gasteiger partial charge in [-0.2, -0.15) is 0 Å². The lowest BCUT2D eigenvalue weighted by Gasteiger charge is -2.09. The molecule has 5 heteroatoms. The van der Waals surface area contributed by atoms with Crippen LogP contribution in [0.3, 0.4) is 0 Å². The molecular formula is C7H8O3S2. The SMILES string of the molecule is C=C(C)C(=O)OC1CSC(=S)O1. The van der Waals surface area contributed by atoms with E-state index < -0.39 is 12.3 Å². The molecule has 0 aromatic carbocycles. The van der Waals surface area contributed by atoms with Crippen LogP contribution in [0, 0.1) is 0 Å². The van der Waals surface area contributed by atoms with E-state index in [0.717, 1.165) is 0 Å². The summed E-state index contributed by atoms with van der Waals surface area (Å²) in [7, 11) is 0. The summed E-state index contributed by atoms with van der Waals surface area (Å²) in [5.41, 5.74) is 0.362. The number of carbonyl (C=O) groups excluding carboxylic acids is 1.